The van der Waals surface area contributed by atoms with Crippen LogP contribution < -0.4 is 11.1 Å². The predicted molar refractivity (Wildman–Crippen MR) is 113 cm³/mol. The lowest BCUT2D eigenvalue weighted by Crippen LogP contribution is -2.44. The number of nitrogens with one attached hydrogen (secondary N) is 1. The van der Waals surface area contributed by atoms with Gasteiger partial charge in [0.2, 0.25) is 0 Å². The molecule has 4 heterocycles. The molecule has 1 aliphatic rings. The molecule has 2 unspecified atom stereocenters. The molecule has 3 aromatic heterocycles. The summed E-state index contributed by atoms with van der Waals surface area (Å²) >= 11 is 7.21. The lowest BCUT2D eigenvalue weighted by molar-refractivity contribution is -0.143. The van der Waals surface area contributed by atoms with Gasteiger partial charge < -0.3 is 20.4 Å². The molecule has 4 rings (SSSR count). The Morgan fingerprint density at radius 2 is 2.14 bits per heavy atom. The third kappa shape index (κ3) is 3.13. The maximum absolute atomic E-state index is 11.8. The fourth-order valence-corrected chi connectivity index (χ4v) is 4.66. The van der Waals surface area contributed by atoms with E-state index >= 15 is 0 Å². The third-order valence-corrected chi connectivity index (χ3v) is 7.02. The number of aryl methyl sites for hydroxylation is 1. The highest BCUT2D eigenvalue weighted by atomic mass is 79.9. The van der Waals surface area contributed by atoms with E-state index in [1.54, 1.807) is 10.7 Å². The van der Waals surface area contributed by atoms with Crippen molar-refractivity contribution in [3.8, 4) is 11.1 Å². The van der Waals surface area contributed by atoms with Crippen molar-refractivity contribution in [1.82, 2.24) is 24.5 Å². The second kappa shape index (κ2) is 7.49. The zero-order valence-corrected chi connectivity index (χ0v) is 18.6. The molecule has 148 valence electrons. The van der Waals surface area contributed by atoms with Crippen molar-refractivity contribution < 1.29 is 9.53 Å². The van der Waals surface area contributed by atoms with Gasteiger partial charge in [0, 0.05) is 36.8 Å². The molecular formula is C18H20Br2N6O2. The Kier molecular flexibility index (Phi) is 5.19. The van der Waals surface area contributed by atoms with Gasteiger partial charge in [-0.2, -0.15) is 9.61 Å². The van der Waals surface area contributed by atoms with Crippen LogP contribution in [0.25, 0.3) is 16.8 Å². The minimum atomic E-state index is -0.271. The molecule has 10 heteroatoms. The van der Waals surface area contributed by atoms with E-state index in [0.717, 1.165) is 32.3 Å². The number of nitrogens with zero attached hydrogens (tertiary/aromatic N) is 4. The number of nitrogens with two attached hydrogens (primary N) is 1. The number of hydrogen-bond acceptors (Lipinski definition) is 6. The Labute approximate surface area is 178 Å². The van der Waals surface area contributed by atoms with Gasteiger partial charge in [-0.25, -0.2) is 4.98 Å². The molecule has 3 aromatic rings. The summed E-state index contributed by atoms with van der Waals surface area (Å²) in [6.45, 7) is 0.624. The standard InChI is InChI=1S/C18H20Br2N6O2/c1-25-6-5-10(15(25)20)11-8-23-26-16(21)13(19)14(24-17(11)26)9-3-4-12(22-7-9)18(27)28-2/h5-6,8-9,12,22H,3-4,7,21H2,1-2H3. The van der Waals surface area contributed by atoms with Crippen molar-refractivity contribution in [3.05, 3.63) is 33.2 Å². The molecular weight excluding hydrogens is 492 g/mol. The van der Waals surface area contributed by atoms with E-state index in [1.807, 2.05) is 23.9 Å². The van der Waals surface area contributed by atoms with Crippen LogP contribution in [0.3, 0.4) is 0 Å². The Morgan fingerprint density at radius 1 is 1.36 bits per heavy atom. The highest BCUT2D eigenvalue weighted by Crippen LogP contribution is 2.37. The molecule has 28 heavy (non-hydrogen) atoms. The van der Waals surface area contributed by atoms with Crippen LogP contribution in [0.1, 0.15) is 24.5 Å². The summed E-state index contributed by atoms with van der Waals surface area (Å²) in [4.78, 5) is 16.7. The topological polar surface area (TPSA) is 99.5 Å². The Hall–Kier alpha value is -1.91. The summed E-state index contributed by atoms with van der Waals surface area (Å²) in [6.07, 6.45) is 5.25. The van der Waals surface area contributed by atoms with Crippen LogP contribution in [0.5, 0.6) is 0 Å². The van der Waals surface area contributed by atoms with Gasteiger partial charge in [-0.1, -0.05) is 0 Å². The van der Waals surface area contributed by atoms with Gasteiger partial charge >= 0.3 is 5.97 Å². The number of ether oxygens (including phenoxy) is 1. The van der Waals surface area contributed by atoms with Gasteiger partial charge in [-0.3, -0.25) is 4.79 Å². The van der Waals surface area contributed by atoms with Crippen LogP contribution in [0.4, 0.5) is 5.82 Å². The van der Waals surface area contributed by atoms with Crippen molar-refractivity contribution in [3.63, 3.8) is 0 Å². The van der Waals surface area contributed by atoms with E-state index in [2.05, 4.69) is 42.3 Å². The van der Waals surface area contributed by atoms with Crippen molar-refractivity contribution in [2.45, 2.75) is 24.8 Å². The van der Waals surface area contributed by atoms with Crippen molar-refractivity contribution in [1.29, 1.82) is 0 Å². The van der Waals surface area contributed by atoms with Gasteiger partial charge in [0.05, 0.1) is 28.1 Å². The third-order valence-electron chi connectivity index (χ3n) is 5.22. The summed E-state index contributed by atoms with van der Waals surface area (Å²) in [5.74, 6) is 0.408. The molecule has 0 amide bonds. The fourth-order valence-electron chi connectivity index (χ4n) is 3.62. The number of fused-ring (bicyclic) bond motifs is 1. The van der Waals surface area contributed by atoms with Gasteiger partial charge in [-0.05, 0) is 50.8 Å². The minimum absolute atomic E-state index is 0.129. The average molecular weight is 512 g/mol. The normalized spacial score (nSPS) is 19.9. The zero-order valence-electron chi connectivity index (χ0n) is 15.4. The van der Waals surface area contributed by atoms with Crippen LogP contribution in [0.15, 0.2) is 27.5 Å². The van der Waals surface area contributed by atoms with Crippen LogP contribution in [-0.2, 0) is 16.6 Å². The molecule has 0 saturated carbocycles. The van der Waals surface area contributed by atoms with E-state index in [9.17, 15) is 4.79 Å². The van der Waals surface area contributed by atoms with Crippen LogP contribution in [0, 0.1) is 0 Å². The lowest BCUT2D eigenvalue weighted by Gasteiger charge is -2.28. The van der Waals surface area contributed by atoms with E-state index < -0.39 is 0 Å². The summed E-state index contributed by atoms with van der Waals surface area (Å²) in [5, 5.41) is 7.69. The van der Waals surface area contributed by atoms with Gasteiger partial charge in [0.1, 0.15) is 11.9 Å². The second-order valence-corrected chi connectivity index (χ2v) is 8.42. The molecule has 1 aliphatic heterocycles. The number of halogens is 2. The van der Waals surface area contributed by atoms with Crippen LogP contribution in [-0.4, -0.2) is 44.8 Å². The van der Waals surface area contributed by atoms with Crippen molar-refractivity contribution in [2.24, 2.45) is 7.05 Å². The number of esters is 1. The van der Waals surface area contributed by atoms with Gasteiger partial charge in [0.25, 0.3) is 0 Å². The first kappa shape index (κ1) is 19.4. The molecule has 0 aromatic carbocycles. The zero-order chi connectivity index (χ0) is 20.0. The van der Waals surface area contributed by atoms with Gasteiger partial charge in [-0.15, -0.1) is 0 Å². The minimum Gasteiger partial charge on any atom is -0.468 e. The second-order valence-electron chi connectivity index (χ2n) is 6.88. The largest absolute Gasteiger partial charge is 0.468 e. The quantitative estimate of drug-likeness (QED) is 0.524. The number of anilines is 1. The molecule has 8 nitrogen and oxygen atoms in total. The summed E-state index contributed by atoms with van der Waals surface area (Å²) in [5.41, 5.74) is 9.85. The monoisotopic (exact) mass is 510 g/mol. The first-order chi connectivity index (χ1) is 13.4. The van der Waals surface area contributed by atoms with E-state index in [1.165, 1.54) is 7.11 Å². The number of carbonyl (C=O) groups excluding carboxylic acids is 1. The van der Waals surface area contributed by atoms with E-state index in [-0.39, 0.29) is 17.9 Å². The SMILES string of the molecule is COC(=O)C1CCC(c2nc3c(-c4ccn(C)c4Br)cnn3c(N)c2Br)CN1. The number of carbonyl (C=O) groups is 1. The highest BCUT2D eigenvalue weighted by Gasteiger charge is 2.30. The van der Waals surface area contributed by atoms with E-state index in [4.69, 9.17) is 15.5 Å². The van der Waals surface area contributed by atoms with Crippen molar-refractivity contribution >= 4 is 49.3 Å². The molecule has 0 spiro atoms. The van der Waals surface area contributed by atoms with Crippen molar-refractivity contribution in [2.75, 3.05) is 19.4 Å². The van der Waals surface area contributed by atoms with Crippen LogP contribution in [0.2, 0.25) is 0 Å². The number of nitrogen functional groups attached to an aromatic ring is 1. The lowest BCUT2D eigenvalue weighted by atomic mass is 9.91. The van der Waals surface area contributed by atoms with Gasteiger partial charge in [0.15, 0.2) is 5.65 Å². The van der Waals surface area contributed by atoms with E-state index in [0.29, 0.717) is 24.4 Å². The Morgan fingerprint density at radius 3 is 2.75 bits per heavy atom. The number of hydrogen-bond donors (Lipinski definition) is 2. The number of methoxy groups -OCH3 is 1. The molecule has 0 aliphatic carbocycles. The molecule has 1 fully saturated rings. The summed E-state index contributed by atoms with van der Waals surface area (Å²) in [7, 11) is 3.38. The number of rotatable bonds is 3. The Bertz CT molecular complexity index is 1050. The summed E-state index contributed by atoms with van der Waals surface area (Å²) < 4.78 is 10.2. The molecule has 0 bridgehead atoms. The smallest absolute Gasteiger partial charge is 0.322 e. The fraction of sp³-hybridized carbons (Fsp3) is 0.389. The maximum Gasteiger partial charge on any atom is 0.322 e. The van der Waals surface area contributed by atoms with Crippen LogP contribution >= 0.6 is 31.9 Å². The number of piperidine rings is 1. The molecule has 2 atom stereocenters. The predicted octanol–water partition coefficient (Wildman–Crippen LogP) is 2.85. The average Bonchev–Trinajstić information content (AvgIpc) is 3.27. The molecule has 3 N–H and O–H groups in total. The number of aromatic nitrogens is 4. The summed E-state index contributed by atoms with van der Waals surface area (Å²) in [6, 6.07) is 1.75. The maximum atomic E-state index is 11.8. The first-order valence-electron chi connectivity index (χ1n) is 8.87. The Balaban J connectivity index is 1.74. The molecule has 0 radical (unpaired) electrons. The highest BCUT2D eigenvalue weighted by molar-refractivity contribution is 9.11. The molecule has 1 saturated heterocycles. The first-order valence-corrected chi connectivity index (χ1v) is 10.5.